The highest BCUT2D eigenvalue weighted by Crippen LogP contribution is 2.36. The Hall–Kier alpha value is -2.25. The third-order valence-corrected chi connectivity index (χ3v) is 2.73. The van der Waals surface area contributed by atoms with E-state index in [9.17, 15) is 22.8 Å². The molecule has 2 N–H and O–H groups in total. The second-order valence-electron chi connectivity index (χ2n) is 4.54. The Morgan fingerprint density at radius 3 is 2.55 bits per heavy atom. The first-order valence-electron chi connectivity index (χ1n) is 6.54. The quantitative estimate of drug-likeness (QED) is 0.757. The molecule has 1 unspecified atom stereocenters. The van der Waals surface area contributed by atoms with Gasteiger partial charge in [-0.3, -0.25) is 9.59 Å². The second kappa shape index (κ2) is 7.67. The van der Waals surface area contributed by atoms with E-state index in [0.29, 0.717) is 0 Å². The van der Waals surface area contributed by atoms with Gasteiger partial charge in [-0.2, -0.15) is 13.2 Å². The van der Waals surface area contributed by atoms with Gasteiger partial charge in [0, 0.05) is 13.0 Å². The van der Waals surface area contributed by atoms with Crippen molar-refractivity contribution in [3.8, 4) is 5.75 Å². The van der Waals surface area contributed by atoms with E-state index in [0.717, 1.165) is 12.1 Å². The molecule has 0 saturated carbocycles. The Kier molecular flexibility index (Phi) is 6.21. The van der Waals surface area contributed by atoms with Crippen molar-refractivity contribution in [2.24, 2.45) is 0 Å². The van der Waals surface area contributed by atoms with Gasteiger partial charge in [0.25, 0.3) is 5.91 Å². The number of carbonyl (C=O) groups is 2. The molecule has 22 heavy (non-hydrogen) atoms. The van der Waals surface area contributed by atoms with Crippen molar-refractivity contribution in [2.75, 3.05) is 6.54 Å². The summed E-state index contributed by atoms with van der Waals surface area (Å²) in [5, 5.41) is 10.9. The van der Waals surface area contributed by atoms with Crippen LogP contribution in [0, 0.1) is 0 Å². The fraction of sp³-hybridized carbons (Fsp3) is 0.429. The minimum atomic E-state index is -4.58. The van der Waals surface area contributed by atoms with Gasteiger partial charge in [0.15, 0.2) is 6.10 Å². The van der Waals surface area contributed by atoms with E-state index in [2.05, 4.69) is 5.32 Å². The number of nitrogens with one attached hydrogen (secondary N) is 1. The summed E-state index contributed by atoms with van der Waals surface area (Å²) in [6.07, 6.45) is -5.58. The highest BCUT2D eigenvalue weighted by molar-refractivity contribution is 5.80. The number of carboxylic acid groups (broad SMARTS) is 1. The Morgan fingerprint density at radius 2 is 1.95 bits per heavy atom. The van der Waals surface area contributed by atoms with E-state index in [4.69, 9.17) is 9.84 Å². The third kappa shape index (κ3) is 5.63. The molecule has 1 aromatic rings. The summed E-state index contributed by atoms with van der Waals surface area (Å²) in [6, 6.07) is 4.61. The molecule has 5 nitrogen and oxygen atoms in total. The zero-order valence-electron chi connectivity index (χ0n) is 11.8. The Labute approximate surface area is 125 Å². The molecule has 0 radical (unpaired) electrons. The molecular formula is C14H16F3NO4. The standard InChI is InChI=1S/C14H16F3NO4/c1-9(13(21)18-8-4-7-12(19)20)22-11-6-3-2-5-10(11)14(15,16)17/h2-3,5-6,9H,4,7-8H2,1H3,(H,18,21)(H,19,20). The molecule has 0 heterocycles. The van der Waals surface area contributed by atoms with Crippen molar-refractivity contribution in [1.82, 2.24) is 5.32 Å². The zero-order chi connectivity index (χ0) is 16.8. The number of rotatable bonds is 7. The Balaban J connectivity index is 2.60. The normalized spacial score (nSPS) is 12.5. The zero-order valence-corrected chi connectivity index (χ0v) is 11.8. The summed E-state index contributed by atoms with van der Waals surface area (Å²) in [4.78, 5) is 22.0. The van der Waals surface area contributed by atoms with Crippen LogP contribution in [0.4, 0.5) is 13.2 Å². The second-order valence-corrected chi connectivity index (χ2v) is 4.54. The highest BCUT2D eigenvalue weighted by Gasteiger charge is 2.34. The van der Waals surface area contributed by atoms with Gasteiger partial charge in [0.2, 0.25) is 0 Å². The highest BCUT2D eigenvalue weighted by atomic mass is 19.4. The van der Waals surface area contributed by atoms with Crippen molar-refractivity contribution in [2.45, 2.75) is 32.0 Å². The van der Waals surface area contributed by atoms with Crippen LogP contribution >= 0.6 is 0 Å². The number of para-hydroxylation sites is 1. The minimum Gasteiger partial charge on any atom is -0.481 e. The minimum absolute atomic E-state index is 0.105. The van der Waals surface area contributed by atoms with E-state index in [1.165, 1.54) is 19.1 Å². The van der Waals surface area contributed by atoms with Gasteiger partial charge in [-0.25, -0.2) is 0 Å². The molecule has 0 fully saturated rings. The van der Waals surface area contributed by atoms with Crippen molar-refractivity contribution in [3.63, 3.8) is 0 Å². The first kappa shape index (κ1) is 17.8. The summed E-state index contributed by atoms with van der Waals surface area (Å²) in [5.41, 5.74) is -0.958. The molecule has 0 aliphatic rings. The van der Waals surface area contributed by atoms with Gasteiger partial charge < -0.3 is 15.2 Å². The first-order chi connectivity index (χ1) is 10.2. The van der Waals surface area contributed by atoms with E-state index in [-0.39, 0.29) is 19.4 Å². The summed E-state index contributed by atoms with van der Waals surface area (Å²) >= 11 is 0. The maximum Gasteiger partial charge on any atom is 0.419 e. The van der Waals surface area contributed by atoms with Crippen molar-refractivity contribution in [1.29, 1.82) is 0 Å². The van der Waals surface area contributed by atoms with Gasteiger partial charge in [0.05, 0.1) is 5.56 Å². The number of aliphatic carboxylic acids is 1. The fourth-order valence-electron chi connectivity index (χ4n) is 1.64. The summed E-state index contributed by atoms with van der Waals surface area (Å²) in [5.74, 6) is -2.02. The Morgan fingerprint density at radius 1 is 1.32 bits per heavy atom. The van der Waals surface area contributed by atoms with Gasteiger partial charge in [-0.15, -0.1) is 0 Å². The molecule has 0 bridgehead atoms. The third-order valence-electron chi connectivity index (χ3n) is 2.73. The molecular weight excluding hydrogens is 303 g/mol. The molecule has 8 heteroatoms. The van der Waals surface area contributed by atoms with Crippen LogP contribution in [0.25, 0.3) is 0 Å². The fourth-order valence-corrected chi connectivity index (χ4v) is 1.64. The van der Waals surface area contributed by atoms with Crippen molar-refractivity contribution < 1.29 is 32.6 Å². The largest absolute Gasteiger partial charge is 0.481 e. The van der Waals surface area contributed by atoms with Crippen LogP contribution in [0.5, 0.6) is 5.75 Å². The molecule has 0 aromatic heterocycles. The molecule has 0 aliphatic carbocycles. The molecule has 0 spiro atoms. The van der Waals surface area contributed by atoms with Gasteiger partial charge in [-0.05, 0) is 25.5 Å². The van der Waals surface area contributed by atoms with Crippen LogP contribution in [0.2, 0.25) is 0 Å². The molecule has 1 aromatic carbocycles. The maximum atomic E-state index is 12.8. The van der Waals surface area contributed by atoms with Crippen molar-refractivity contribution in [3.05, 3.63) is 29.8 Å². The van der Waals surface area contributed by atoms with Crippen LogP contribution in [0.3, 0.4) is 0 Å². The van der Waals surface area contributed by atoms with Crippen LogP contribution in [-0.2, 0) is 15.8 Å². The molecule has 1 rings (SSSR count). The molecule has 1 amide bonds. The molecule has 1 atom stereocenters. The van der Waals surface area contributed by atoms with Crippen LogP contribution < -0.4 is 10.1 Å². The number of hydrogen-bond donors (Lipinski definition) is 2. The number of ether oxygens (including phenoxy) is 1. The average Bonchev–Trinajstić information content (AvgIpc) is 2.42. The number of halogens is 3. The maximum absolute atomic E-state index is 12.8. The lowest BCUT2D eigenvalue weighted by molar-refractivity contribution is -0.140. The number of amides is 1. The van der Waals surface area contributed by atoms with E-state index in [1.54, 1.807) is 0 Å². The van der Waals surface area contributed by atoms with Gasteiger partial charge in [-0.1, -0.05) is 12.1 Å². The number of benzene rings is 1. The van der Waals surface area contributed by atoms with Gasteiger partial charge >= 0.3 is 12.1 Å². The summed E-state index contributed by atoms with van der Waals surface area (Å²) in [7, 11) is 0. The van der Waals surface area contributed by atoms with Gasteiger partial charge in [0.1, 0.15) is 5.75 Å². The molecule has 0 saturated heterocycles. The first-order valence-corrected chi connectivity index (χ1v) is 6.54. The summed E-state index contributed by atoms with van der Waals surface area (Å²) < 4.78 is 43.4. The lowest BCUT2D eigenvalue weighted by Crippen LogP contribution is -2.37. The number of carbonyl (C=O) groups excluding carboxylic acids is 1. The smallest absolute Gasteiger partial charge is 0.419 e. The average molecular weight is 319 g/mol. The lowest BCUT2D eigenvalue weighted by atomic mass is 10.2. The Bertz CT molecular complexity index is 531. The summed E-state index contributed by atoms with van der Waals surface area (Å²) in [6.45, 7) is 1.43. The number of carboxylic acids is 1. The van der Waals surface area contributed by atoms with E-state index < -0.39 is 35.5 Å². The number of alkyl halides is 3. The predicted octanol–water partition coefficient (Wildman–Crippen LogP) is 2.45. The van der Waals surface area contributed by atoms with Crippen LogP contribution in [-0.4, -0.2) is 29.6 Å². The van der Waals surface area contributed by atoms with Crippen LogP contribution in [0.15, 0.2) is 24.3 Å². The topological polar surface area (TPSA) is 75.6 Å². The predicted molar refractivity (Wildman–Crippen MR) is 71.4 cm³/mol. The molecule has 0 aliphatic heterocycles. The monoisotopic (exact) mass is 319 g/mol. The van der Waals surface area contributed by atoms with Crippen molar-refractivity contribution >= 4 is 11.9 Å². The van der Waals surface area contributed by atoms with Crippen LogP contribution in [0.1, 0.15) is 25.3 Å². The SMILES string of the molecule is CC(Oc1ccccc1C(F)(F)F)C(=O)NCCCC(=O)O. The van der Waals surface area contributed by atoms with E-state index >= 15 is 0 Å². The van der Waals surface area contributed by atoms with E-state index in [1.807, 2.05) is 0 Å². The molecule has 122 valence electrons. The number of hydrogen-bond acceptors (Lipinski definition) is 3. The lowest BCUT2D eigenvalue weighted by Gasteiger charge is -2.18.